The maximum absolute atomic E-state index is 15.7. The van der Waals surface area contributed by atoms with Gasteiger partial charge in [0.2, 0.25) is 5.82 Å². The van der Waals surface area contributed by atoms with E-state index in [1.54, 1.807) is 0 Å². The summed E-state index contributed by atoms with van der Waals surface area (Å²) in [4.78, 5) is 0. The Morgan fingerprint density at radius 1 is 0.762 bits per heavy atom. The van der Waals surface area contributed by atoms with Crippen molar-refractivity contribution in [3.63, 3.8) is 0 Å². The summed E-state index contributed by atoms with van der Waals surface area (Å²) in [5, 5.41) is 0. The second-order valence-corrected chi connectivity index (χ2v) is 11.8. The zero-order chi connectivity index (χ0) is 30.0. The van der Waals surface area contributed by atoms with Gasteiger partial charge in [0.25, 0.3) is 0 Å². The molecule has 1 atom stereocenters. The number of alkyl halides is 3. The maximum atomic E-state index is 15.7. The van der Waals surface area contributed by atoms with Gasteiger partial charge in [-0.1, -0.05) is 43.7 Å². The first-order chi connectivity index (χ1) is 20.0. The van der Waals surface area contributed by atoms with Gasteiger partial charge in [0.15, 0.2) is 11.6 Å². The number of hydrogen-bond donors (Lipinski definition) is 0. The summed E-state index contributed by atoms with van der Waals surface area (Å²) in [6, 6.07) is 12.0. The second kappa shape index (κ2) is 12.7. The third-order valence-corrected chi connectivity index (χ3v) is 9.04. The molecule has 3 aromatic carbocycles. The normalized spacial score (nSPS) is 20.8. The van der Waals surface area contributed by atoms with Crippen LogP contribution in [0.15, 0.2) is 42.5 Å². The van der Waals surface area contributed by atoms with Crippen molar-refractivity contribution < 1.29 is 35.5 Å². The van der Waals surface area contributed by atoms with Crippen molar-refractivity contribution in [2.75, 3.05) is 0 Å². The van der Waals surface area contributed by atoms with Gasteiger partial charge >= 0.3 is 6.36 Å². The molecule has 0 heterocycles. The van der Waals surface area contributed by atoms with Crippen LogP contribution in [-0.2, 0) is 25.7 Å². The van der Waals surface area contributed by atoms with Crippen LogP contribution in [-0.4, -0.2) is 6.36 Å². The number of benzene rings is 3. The molecule has 42 heavy (non-hydrogen) atoms. The monoisotopic (exact) mass is 592 g/mol. The number of fused-ring (bicyclic) bond motifs is 1. The van der Waals surface area contributed by atoms with E-state index in [2.05, 4.69) is 35.9 Å². The highest BCUT2D eigenvalue weighted by molar-refractivity contribution is 5.40. The highest BCUT2D eigenvalue weighted by atomic mass is 19.4. The standard InChI is InChI=1S/C34H35F7O/c1-2-3-20-4-6-21(7-5-20)8-9-22-10-15-27-25(18-22)19-28(35)30(31(27)36)24-13-11-23(12-14-24)26-16-17-29(33(38)32(26)37)42-34(39,40)41/h4-7,16-17,19,22-24H,2-3,8-15,18H2,1H3. The molecule has 0 saturated heterocycles. The molecule has 0 aliphatic heterocycles. The van der Waals surface area contributed by atoms with Gasteiger partial charge in [0, 0.05) is 5.56 Å². The number of ether oxygens (including phenoxy) is 1. The minimum absolute atomic E-state index is 0.0465. The van der Waals surface area contributed by atoms with Crippen LogP contribution in [0, 0.1) is 29.2 Å². The van der Waals surface area contributed by atoms with Crippen molar-refractivity contribution >= 4 is 0 Å². The predicted molar refractivity (Wildman–Crippen MR) is 148 cm³/mol. The van der Waals surface area contributed by atoms with Gasteiger partial charge in [0.1, 0.15) is 11.6 Å². The topological polar surface area (TPSA) is 9.23 Å². The van der Waals surface area contributed by atoms with Crippen LogP contribution in [0.3, 0.4) is 0 Å². The third-order valence-electron chi connectivity index (χ3n) is 9.04. The number of aryl methyl sites for hydroxylation is 2. The van der Waals surface area contributed by atoms with Gasteiger partial charge in [-0.3, -0.25) is 0 Å². The Balaban J connectivity index is 1.22. The second-order valence-electron chi connectivity index (χ2n) is 11.8. The Kier molecular flexibility index (Phi) is 9.19. The minimum atomic E-state index is -5.14. The van der Waals surface area contributed by atoms with Crippen LogP contribution in [0.5, 0.6) is 5.75 Å². The first-order valence-corrected chi connectivity index (χ1v) is 14.8. The number of hydrogen-bond acceptors (Lipinski definition) is 1. The van der Waals surface area contributed by atoms with Crippen molar-refractivity contribution in [1.82, 2.24) is 0 Å². The molecule has 0 aromatic heterocycles. The molecular weight excluding hydrogens is 557 g/mol. The fraction of sp³-hybridized carbons (Fsp3) is 0.471. The van der Waals surface area contributed by atoms with Gasteiger partial charge < -0.3 is 4.74 Å². The lowest BCUT2D eigenvalue weighted by molar-refractivity contribution is -0.275. The van der Waals surface area contributed by atoms with E-state index in [0.29, 0.717) is 50.0 Å². The average Bonchev–Trinajstić information content (AvgIpc) is 2.95. The largest absolute Gasteiger partial charge is 0.573 e. The molecule has 226 valence electrons. The molecule has 1 saturated carbocycles. The van der Waals surface area contributed by atoms with E-state index in [4.69, 9.17) is 0 Å². The smallest absolute Gasteiger partial charge is 0.403 e. The average molecular weight is 593 g/mol. The van der Waals surface area contributed by atoms with Crippen LogP contribution in [0.1, 0.15) is 97.1 Å². The Morgan fingerprint density at radius 3 is 2.05 bits per heavy atom. The molecule has 0 bridgehead atoms. The van der Waals surface area contributed by atoms with Crippen LogP contribution in [0.4, 0.5) is 30.7 Å². The highest BCUT2D eigenvalue weighted by Crippen LogP contribution is 2.45. The van der Waals surface area contributed by atoms with Gasteiger partial charge in [-0.05, 0) is 122 Å². The fourth-order valence-corrected chi connectivity index (χ4v) is 6.85. The molecular formula is C34H35F7O. The summed E-state index contributed by atoms with van der Waals surface area (Å²) in [5.41, 5.74) is 3.95. The Hall–Kier alpha value is -3.03. The molecule has 2 aliphatic carbocycles. The molecule has 0 N–H and O–H groups in total. The van der Waals surface area contributed by atoms with E-state index >= 15 is 8.78 Å². The van der Waals surface area contributed by atoms with E-state index in [9.17, 15) is 22.0 Å². The Bertz CT molecular complexity index is 1390. The Labute approximate surface area is 242 Å². The van der Waals surface area contributed by atoms with Gasteiger partial charge in [-0.2, -0.15) is 4.39 Å². The van der Waals surface area contributed by atoms with E-state index in [1.165, 1.54) is 17.2 Å². The molecule has 1 fully saturated rings. The zero-order valence-corrected chi connectivity index (χ0v) is 23.6. The van der Waals surface area contributed by atoms with Crippen molar-refractivity contribution in [3.05, 3.63) is 99.1 Å². The molecule has 3 aromatic rings. The van der Waals surface area contributed by atoms with Crippen LogP contribution in [0.2, 0.25) is 0 Å². The van der Waals surface area contributed by atoms with E-state index in [0.717, 1.165) is 49.8 Å². The van der Waals surface area contributed by atoms with E-state index in [1.807, 2.05) is 0 Å². The van der Waals surface area contributed by atoms with E-state index < -0.39 is 47.2 Å². The Morgan fingerprint density at radius 2 is 1.40 bits per heavy atom. The third kappa shape index (κ3) is 6.78. The van der Waals surface area contributed by atoms with Crippen molar-refractivity contribution in [1.29, 1.82) is 0 Å². The SMILES string of the molecule is CCCc1ccc(CCC2CCc3c(cc(F)c(C4CCC(c5ccc(OC(F)(F)F)c(F)c5F)CC4)c3F)C2)cc1. The summed E-state index contributed by atoms with van der Waals surface area (Å²) in [5.74, 6) is -5.85. The van der Waals surface area contributed by atoms with Crippen LogP contribution in [0.25, 0.3) is 0 Å². The van der Waals surface area contributed by atoms with Gasteiger partial charge in [-0.25, -0.2) is 13.2 Å². The summed E-state index contributed by atoms with van der Waals surface area (Å²) < 4.78 is 101. The fourth-order valence-electron chi connectivity index (χ4n) is 6.85. The molecule has 2 aliphatic rings. The summed E-state index contributed by atoms with van der Waals surface area (Å²) in [7, 11) is 0. The lowest BCUT2D eigenvalue weighted by Gasteiger charge is -2.32. The number of halogens is 7. The first-order valence-electron chi connectivity index (χ1n) is 14.8. The summed E-state index contributed by atoms with van der Waals surface area (Å²) >= 11 is 0. The molecule has 1 nitrogen and oxygen atoms in total. The molecule has 8 heteroatoms. The molecule has 0 amide bonds. The highest BCUT2D eigenvalue weighted by Gasteiger charge is 2.35. The number of rotatable bonds is 8. The van der Waals surface area contributed by atoms with Crippen molar-refractivity contribution in [2.45, 2.75) is 95.8 Å². The molecule has 0 radical (unpaired) electrons. The van der Waals surface area contributed by atoms with Crippen molar-refractivity contribution in [3.8, 4) is 5.75 Å². The quantitative estimate of drug-likeness (QED) is 0.237. The zero-order valence-electron chi connectivity index (χ0n) is 23.6. The van der Waals surface area contributed by atoms with Gasteiger partial charge in [0.05, 0.1) is 0 Å². The molecule has 1 unspecified atom stereocenters. The van der Waals surface area contributed by atoms with Crippen LogP contribution >= 0.6 is 0 Å². The minimum Gasteiger partial charge on any atom is -0.403 e. The predicted octanol–water partition coefficient (Wildman–Crippen LogP) is 10.3. The lowest BCUT2D eigenvalue weighted by atomic mass is 9.74. The summed E-state index contributed by atoms with van der Waals surface area (Å²) in [6.45, 7) is 2.16. The molecule has 0 spiro atoms. The van der Waals surface area contributed by atoms with Crippen molar-refractivity contribution in [2.24, 2.45) is 5.92 Å². The van der Waals surface area contributed by atoms with E-state index in [-0.39, 0.29) is 11.1 Å². The van der Waals surface area contributed by atoms with Gasteiger partial charge in [-0.15, -0.1) is 13.2 Å². The van der Waals surface area contributed by atoms with Crippen LogP contribution < -0.4 is 4.74 Å². The molecule has 5 rings (SSSR count). The maximum Gasteiger partial charge on any atom is 0.573 e. The summed E-state index contributed by atoms with van der Waals surface area (Å²) in [6.07, 6.45) is 2.35. The lowest BCUT2D eigenvalue weighted by Crippen LogP contribution is -2.21. The first kappa shape index (κ1) is 30.4.